The van der Waals surface area contributed by atoms with E-state index in [0.29, 0.717) is 35.4 Å². The van der Waals surface area contributed by atoms with Gasteiger partial charge in [-0.1, -0.05) is 6.07 Å². The Morgan fingerprint density at radius 2 is 1.87 bits per heavy atom. The third kappa shape index (κ3) is 5.88. The summed E-state index contributed by atoms with van der Waals surface area (Å²) < 4.78 is 38.5. The highest BCUT2D eigenvalue weighted by molar-refractivity contribution is 7.92. The lowest BCUT2D eigenvalue weighted by atomic mass is 10.1. The zero-order valence-electron chi connectivity index (χ0n) is 17.7. The van der Waals surface area contributed by atoms with E-state index >= 15 is 0 Å². The molecular weight excluding hydrogens is 416 g/mol. The van der Waals surface area contributed by atoms with Gasteiger partial charge in [-0.15, -0.1) is 0 Å². The topological polar surface area (TPSA) is 97.6 Å². The van der Waals surface area contributed by atoms with E-state index < -0.39 is 10.0 Å². The third-order valence-electron chi connectivity index (χ3n) is 4.89. The molecule has 1 atom stereocenters. The van der Waals surface area contributed by atoms with Crippen molar-refractivity contribution in [1.29, 1.82) is 0 Å². The molecule has 0 radical (unpaired) electrons. The highest BCUT2D eigenvalue weighted by atomic mass is 32.2. The quantitative estimate of drug-likeness (QED) is 0.519. The van der Waals surface area contributed by atoms with Gasteiger partial charge in [0.2, 0.25) is 0 Å². The Labute approximate surface area is 182 Å². The van der Waals surface area contributed by atoms with Crippen molar-refractivity contribution in [2.45, 2.75) is 37.6 Å². The number of ether oxygens (including phenoxy) is 1. The summed E-state index contributed by atoms with van der Waals surface area (Å²) in [5, 5.41) is 2.93. The lowest BCUT2D eigenvalue weighted by Gasteiger charge is -2.15. The van der Waals surface area contributed by atoms with Crippen LogP contribution < -0.4 is 14.8 Å². The van der Waals surface area contributed by atoms with E-state index in [0.717, 1.165) is 5.76 Å². The van der Waals surface area contributed by atoms with Crippen molar-refractivity contribution >= 4 is 21.6 Å². The molecule has 0 saturated heterocycles. The van der Waals surface area contributed by atoms with Crippen molar-refractivity contribution in [3.63, 3.8) is 0 Å². The van der Waals surface area contributed by atoms with E-state index in [4.69, 9.17) is 9.15 Å². The number of carbonyl (C=O) groups is 1. The van der Waals surface area contributed by atoms with Crippen molar-refractivity contribution in [3.8, 4) is 5.75 Å². The molecule has 1 unspecified atom stereocenters. The third-order valence-corrected chi connectivity index (χ3v) is 6.27. The van der Waals surface area contributed by atoms with E-state index in [1.807, 2.05) is 19.1 Å². The number of methoxy groups -OCH3 is 1. The highest BCUT2D eigenvalue weighted by Crippen LogP contribution is 2.21. The fourth-order valence-electron chi connectivity index (χ4n) is 3.07. The maximum absolute atomic E-state index is 12.8. The minimum absolute atomic E-state index is 0.0160. The summed E-state index contributed by atoms with van der Waals surface area (Å²) in [7, 11) is -2.32. The van der Waals surface area contributed by atoms with Gasteiger partial charge in [0.1, 0.15) is 11.5 Å². The number of hydrogen-bond acceptors (Lipinski definition) is 5. The van der Waals surface area contributed by atoms with E-state index in [-0.39, 0.29) is 16.8 Å². The maximum atomic E-state index is 12.8. The van der Waals surface area contributed by atoms with Crippen LogP contribution in [0.25, 0.3) is 0 Å². The molecule has 1 amide bonds. The number of hydrogen-bond donors (Lipinski definition) is 2. The second-order valence-electron chi connectivity index (χ2n) is 7.30. The number of carbonyl (C=O) groups excluding carboxylic acids is 1. The molecule has 8 heteroatoms. The molecule has 2 aromatic carbocycles. The number of nitrogens with one attached hydrogen (secondary N) is 2. The molecule has 164 valence electrons. The molecule has 0 bridgehead atoms. The Balaban J connectivity index is 1.71. The predicted octanol–water partition coefficient (Wildman–Crippen LogP) is 4.15. The molecule has 3 rings (SSSR count). The Kier molecular flexibility index (Phi) is 7.02. The number of benzene rings is 2. The van der Waals surface area contributed by atoms with Crippen molar-refractivity contribution in [2.24, 2.45) is 0 Å². The maximum Gasteiger partial charge on any atom is 0.261 e. The summed E-state index contributed by atoms with van der Waals surface area (Å²) in [6.45, 7) is 3.68. The van der Waals surface area contributed by atoms with E-state index in [1.165, 1.54) is 19.2 Å². The first-order valence-electron chi connectivity index (χ1n) is 9.89. The second-order valence-corrected chi connectivity index (χ2v) is 8.99. The Morgan fingerprint density at radius 3 is 2.52 bits per heavy atom. The highest BCUT2D eigenvalue weighted by Gasteiger charge is 2.19. The number of amides is 1. The van der Waals surface area contributed by atoms with Gasteiger partial charge in [-0.05, 0) is 74.4 Å². The second kappa shape index (κ2) is 9.70. The van der Waals surface area contributed by atoms with Gasteiger partial charge in [0, 0.05) is 23.7 Å². The average molecular weight is 443 g/mol. The van der Waals surface area contributed by atoms with Crippen LogP contribution in [0.5, 0.6) is 5.75 Å². The fourth-order valence-corrected chi connectivity index (χ4v) is 4.16. The standard InChI is InChI=1S/C23H26N2O5S/c1-16-6-13-21(31(27,28)25-18-8-11-19(29-3)12-9-18)15-22(16)23(26)24-17(2)7-10-20-5-4-14-30-20/h4-6,8-9,11-15,17,25H,7,10H2,1-3H3,(H,24,26). The van der Waals surface area contributed by atoms with Gasteiger partial charge in [-0.3, -0.25) is 9.52 Å². The lowest BCUT2D eigenvalue weighted by Crippen LogP contribution is -2.33. The summed E-state index contributed by atoms with van der Waals surface area (Å²) in [4.78, 5) is 12.8. The molecule has 1 aromatic heterocycles. The number of furan rings is 1. The van der Waals surface area contributed by atoms with Crippen LogP contribution in [0, 0.1) is 6.92 Å². The van der Waals surface area contributed by atoms with Crippen LogP contribution in [0.4, 0.5) is 5.69 Å². The van der Waals surface area contributed by atoms with Gasteiger partial charge in [0.05, 0.1) is 18.3 Å². The molecule has 0 aliphatic heterocycles. The normalized spacial score (nSPS) is 12.2. The van der Waals surface area contributed by atoms with Crippen LogP contribution in [-0.2, 0) is 16.4 Å². The van der Waals surface area contributed by atoms with Crippen LogP contribution in [0.3, 0.4) is 0 Å². The number of sulfonamides is 1. The van der Waals surface area contributed by atoms with E-state index in [9.17, 15) is 13.2 Å². The Morgan fingerprint density at radius 1 is 1.13 bits per heavy atom. The molecular formula is C23H26N2O5S. The van der Waals surface area contributed by atoms with Crippen LogP contribution in [-0.4, -0.2) is 27.5 Å². The smallest absolute Gasteiger partial charge is 0.261 e. The van der Waals surface area contributed by atoms with Crippen molar-refractivity contribution in [1.82, 2.24) is 5.32 Å². The summed E-state index contributed by atoms with van der Waals surface area (Å²) >= 11 is 0. The Hall–Kier alpha value is -3.26. The van der Waals surface area contributed by atoms with Crippen LogP contribution in [0.2, 0.25) is 0 Å². The minimum Gasteiger partial charge on any atom is -0.497 e. The van der Waals surface area contributed by atoms with Crippen LogP contribution in [0.1, 0.15) is 35.0 Å². The number of rotatable bonds is 9. The molecule has 0 aliphatic rings. The molecule has 0 saturated carbocycles. The minimum atomic E-state index is -3.86. The summed E-state index contributed by atoms with van der Waals surface area (Å²) in [5.41, 5.74) is 1.42. The van der Waals surface area contributed by atoms with Gasteiger partial charge in [-0.25, -0.2) is 8.42 Å². The van der Waals surface area contributed by atoms with Gasteiger partial charge >= 0.3 is 0 Å². The molecule has 0 spiro atoms. The van der Waals surface area contributed by atoms with Gasteiger partial charge in [-0.2, -0.15) is 0 Å². The number of anilines is 1. The van der Waals surface area contributed by atoms with Crippen LogP contribution in [0.15, 0.2) is 70.2 Å². The average Bonchev–Trinajstić information content (AvgIpc) is 3.26. The monoisotopic (exact) mass is 442 g/mol. The summed E-state index contributed by atoms with van der Waals surface area (Å²) in [5.74, 6) is 1.17. The first-order chi connectivity index (χ1) is 14.8. The molecule has 0 fully saturated rings. The van der Waals surface area contributed by atoms with Crippen molar-refractivity contribution < 1.29 is 22.4 Å². The predicted molar refractivity (Wildman–Crippen MR) is 119 cm³/mol. The van der Waals surface area contributed by atoms with Gasteiger partial charge in [0.15, 0.2) is 0 Å². The van der Waals surface area contributed by atoms with Crippen LogP contribution >= 0.6 is 0 Å². The Bertz CT molecular complexity index is 1120. The largest absolute Gasteiger partial charge is 0.497 e. The summed E-state index contributed by atoms with van der Waals surface area (Å²) in [6.07, 6.45) is 3.02. The molecule has 31 heavy (non-hydrogen) atoms. The lowest BCUT2D eigenvalue weighted by molar-refractivity contribution is 0.0937. The van der Waals surface area contributed by atoms with E-state index in [1.54, 1.807) is 43.5 Å². The molecule has 1 heterocycles. The van der Waals surface area contributed by atoms with Crippen molar-refractivity contribution in [2.75, 3.05) is 11.8 Å². The molecule has 0 aliphatic carbocycles. The molecule has 7 nitrogen and oxygen atoms in total. The zero-order valence-corrected chi connectivity index (χ0v) is 18.5. The molecule has 3 aromatic rings. The van der Waals surface area contributed by atoms with Gasteiger partial charge < -0.3 is 14.5 Å². The van der Waals surface area contributed by atoms with Gasteiger partial charge in [0.25, 0.3) is 15.9 Å². The number of aryl methyl sites for hydroxylation is 2. The fraction of sp³-hybridized carbons (Fsp3) is 0.261. The summed E-state index contributed by atoms with van der Waals surface area (Å²) in [6, 6.07) is 14.7. The SMILES string of the molecule is COc1ccc(NS(=O)(=O)c2ccc(C)c(C(=O)NC(C)CCc3ccco3)c2)cc1. The first kappa shape index (κ1) is 22.4. The zero-order chi connectivity index (χ0) is 22.4. The van der Waals surface area contributed by atoms with E-state index in [2.05, 4.69) is 10.0 Å². The van der Waals surface area contributed by atoms with Crippen molar-refractivity contribution in [3.05, 3.63) is 77.7 Å². The molecule has 2 N–H and O–H groups in total. The first-order valence-corrected chi connectivity index (χ1v) is 11.4.